The maximum Gasteiger partial charge on any atom is 0.355 e. The zero-order valence-corrected chi connectivity index (χ0v) is 14.1. The van der Waals surface area contributed by atoms with Gasteiger partial charge in [-0.3, -0.25) is 10.1 Å². The Labute approximate surface area is 149 Å². The number of benzene rings is 1. The zero-order valence-electron chi connectivity index (χ0n) is 13.4. The highest BCUT2D eigenvalue weighted by Crippen LogP contribution is 2.40. The van der Waals surface area contributed by atoms with Crippen molar-refractivity contribution in [3.05, 3.63) is 44.1 Å². The molecule has 9 nitrogen and oxygen atoms in total. The first-order valence-corrected chi connectivity index (χ1v) is 7.19. The summed E-state index contributed by atoms with van der Waals surface area (Å²) in [6.45, 7) is -0.956. The molecular formula is C14H11ClF2N2O7. The van der Waals surface area contributed by atoms with Crippen molar-refractivity contribution in [2.75, 3.05) is 32.5 Å². The van der Waals surface area contributed by atoms with E-state index in [0.29, 0.717) is 11.0 Å². The highest BCUT2D eigenvalue weighted by molar-refractivity contribution is 6.31. The molecule has 1 aromatic carbocycles. The van der Waals surface area contributed by atoms with Gasteiger partial charge in [-0.25, -0.2) is 18.4 Å². The van der Waals surface area contributed by atoms with Crippen molar-refractivity contribution in [3.8, 4) is 0 Å². The Bertz CT molecular complexity index is 828. The third kappa shape index (κ3) is 3.30. The van der Waals surface area contributed by atoms with E-state index in [-0.39, 0.29) is 5.57 Å². The van der Waals surface area contributed by atoms with E-state index < -0.39 is 63.9 Å². The smallest absolute Gasteiger partial charge is 0.355 e. The molecular weight excluding hydrogens is 382 g/mol. The van der Waals surface area contributed by atoms with E-state index in [2.05, 4.69) is 9.47 Å². The molecule has 0 atom stereocenters. The SMILES string of the molecule is COC(=O)C1=C(C(=O)OC)N(c2c([N+](=O)[O-])cc(F)c(Cl)c2F)COC1. The number of nitro benzene ring substituents is 1. The van der Waals surface area contributed by atoms with Gasteiger partial charge < -0.3 is 19.1 Å². The van der Waals surface area contributed by atoms with Crippen LogP contribution in [0.25, 0.3) is 0 Å². The second-order valence-corrected chi connectivity index (χ2v) is 5.21. The van der Waals surface area contributed by atoms with Gasteiger partial charge in [0.25, 0.3) is 5.69 Å². The number of carbonyl (C=O) groups excluding carboxylic acids is 2. The fraction of sp³-hybridized carbons (Fsp3) is 0.286. The average Bonchev–Trinajstić information content (AvgIpc) is 2.63. The van der Waals surface area contributed by atoms with Gasteiger partial charge in [0, 0.05) is 0 Å². The van der Waals surface area contributed by atoms with E-state index >= 15 is 0 Å². The molecule has 1 aliphatic heterocycles. The van der Waals surface area contributed by atoms with Crippen LogP contribution in [-0.4, -0.2) is 44.4 Å². The quantitative estimate of drug-likeness (QED) is 0.331. The molecule has 0 saturated carbocycles. The Kier molecular flexibility index (Phi) is 5.73. The monoisotopic (exact) mass is 392 g/mol. The molecule has 0 aromatic heterocycles. The van der Waals surface area contributed by atoms with Gasteiger partial charge in [-0.1, -0.05) is 11.6 Å². The van der Waals surface area contributed by atoms with Crippen LogP contribution in [0.1, 0.15) is 0 Å². The van der Waals surface area contributed by atoms with E-state index in [4.69, 9.17) is 16.3 Å². The summed E-state index contributed by atoms with van der Waals surface area (Å²) in [7, 11) is 2.02. The number of esters is 2. The van der Waals surface area contributed by atoms with Crippen LogP contribution >= 0.6 is 11.6 Å². The molecule has 0 radical (unpaired) electrons. The lowest BCUT2D eigenvalue weighted by molar-refractivity contribution is -0.384. The van der Waals surface area contributed by atoms with Crippen molar-refractivity contribution in [1.82, 2.24) is 0 Å². The Morgan fingerprint density at radius 2 is 1.92 bits per heavy atom. The molecule has 0 aliphatic carbocycles. The summed E-state index contributed by atoms with van der Waals surface area (Å²) in [5.41, 5.74) is -2.79. The minimum atomic E-state index is -1.51. The van der Waals surface area contributed by atoms with Crippen LogP contribution in [-0.2, 0) is 23.8 Å². The minimum absolute atomic E-state index is 0.361. The third-order valence-corrected chi connectivity index (χ3v) is 3.76. The maximum atomic E-state index is 14.6. The second kappa shape index (κ2) is 7.62. The lowest BCUT2D eigenvalue weighted by Gasteiger charge is -2.31. The first-order chi connectivity index (χ1) is 12.2. The van der Waals surface area contributed by atoms with Crippen molar-refractivity contribution in [3.63, 3.8) is 0 Å². The van der Waals surface area contributed by atoms with Crippen molar-refractivity contribution in [2.45, 2.75) is 0 Å². The summed E-state index contributed by atoms with van der Waals surface area (Å²) in [6.07, 6.45) is 0. The fourth-order valence-corrected chi connectivity index (χ4v) is 2.43. The predicted molar refractivity (Wildman–Crippen MR) is 82.4 cm³/mol. The minimum Gasteiger partial charge on any atom is -0.466 e. The number of methoxy groups -OCH3 is 2. The van der Waals surface area contributed by atoms with Crippen LogP contribution in [0.3, 0.4) is 0 Å². The number of rotatable bonds is 4. The van der Waals surface area contributed by atoms with Gasteiger partial charge in [0.2, 0.25) is 0 Å². The maximum absolute atomic E-state index is 14.6. The molecule has 12 heteroatoms. The molecule has 1 aromatic rings. The normalized spacial score (nSPS) is 14.3. The van der Waals surface area contributed by atoms with Crippen LogP contribution < -0.4 is 4.90 Å². The Hall–Kier alpha value is -2.79. The lowest BCUT2D eigenvalue weighted by atomic mass is 10.1. The van der Waals surface area contributed by atoms with E-state index in [0.717, 1.165) is 14.2 Å². The van der Waals surface area contributed by atoms with Gasteiger partial charge in [0.15, 0.2) is 17.3 Å². The van der Waals surface area contributed by atoms with Crippen LogP contribution in [0.2, 0.25) is 5.02 Å². The Morgan fingerprint density at radius 3 is 2.46 bits per heavy atom. The number of carbonyl (C=O) groups is 2. The van der Waals surface area contributed by atoms with Crippen LogP contribution in [0.4, 0.5) is 20.2 Å². The topological polar surface area (TPSA) is 108 Å². The van der Waals surface area contributed by atoms with Crippen LogP contribution in [0, 0.1) is 21.7 Å². The zero-order chi connectivity index (χ0) is 19.6. The molecule has 0 spiro atoms. The molecule has 0 amide bonds. The molecule has 140 valence electrons. The molecule has 1 heterocycles. The van der Waals surface area contributed by atoms with E-state index in [1.165, 1.54) is 0 Å². The summed E-state index contributed by atoms with van der Waals surface area (Å²) < 4.78 is 42.4. The standard InChI is InChI=1S/C14H11ClF2N2O7/c1-24-13(20)6-4-26-5-18(11(6)14(21)25-2)12-8(19(22)23)3-7(16)9(15)10(12)17/h3H,4-5H2,1-2H3. The van der Waals surface area contributed by atoms with Crippen molar-refractivity contribution in [2.24, 2.45) is 0 Å². The number of anilines is 1. The summed E-state index contributed by atoms with van der Waals surface area (Å²) in [5.74, 6) is -4.97. The molecule has 0 saturated heterocycles. The van der Waals surface area contributed by atoms with Gasteiger partial charge in [0.1, 0.15) is 17.5 Å². The summed E-state index contributed by atoms with van der Waals surface area (Å²) in [4.78, 5) is 34.9. The van der Waals surface area contributed by atoms with Crippen LogP contribution in [0.15, 0.2) is 17.3 Å². The Morgan fingerprint density at radius 1 is 1.31 bits per heavy atom. The number of hydrogen-bond donors (Lipinski definition) is 0. The number of nitrogens with zero attached hydrogens (tertiary/aromatic N) is 2. The lowest BCUT2D eigenvalue weighted by Crippen LogP contribution is -2.39. The van der Waals surface area contributed by atoms with Gasteiger partial charge in [-0.05, 0) is 0 Å². The molecule has 0 N–H and O–H groups in total. The average molecular weight is 393 g/mol. The summed E-state index contributed by atoms with van der Waals surface area (Å²) >= 11 is 5.50. The summed E-state index contributed by atoms with van der Waals surface area (Å²) in [5, 5.41) is 10.2. The third-order valence-electron chi connectivity index (χ3n) is 3.42. The van der Waals surface area contributed by atoms with E-state index in [1.54, 1.807) is 0 Å². The fourth-order valence-electron chi connectivity index (χ4n) is 2.29. The van der Waals surface area contributed by atoms with Crippen LogP contribution in [0.5, 0.6) is 0 Å². The van der Waals surface area contributed by atoms with E-state index in [1.807, 2.05) is 0 Å². The highest BCUT2D eigenvalue weighted by Gasteiger charge is 2.38. The number of ether oxygens (including phenoxy) is 3. The van der Waals surface area contributed by atoms with Gasteiger partial charge in [-0.15, -0.1) is 0 Å². The first kappa shape index (κ1) is 19.5. The molecule has 1 aliphatic rings. The highest BCUT2D eigenvalue weighted by atomic mass is 35.5. The predicted octanol–water partition coefficient (Wildman–Crippen LogP) is 1.92. The number of nitro groups is 1. The number of halogens is 3. The Balaban J connectivity index is 2.81. The van der Waals surface area contributed by atoms with Gasteiger partial charge >= 0.3 is 11.9 Å². The summed E-state index contributed by atoms with van der Waals surface area (Å²) in [6, 6.07) is 0.391. The van der Waals surface area contributed by atoms with Crippen molar-refractivity contribution >= 4 is 34.9 Å². The van der Waals surface area contributed by atoms with E-state index in [9.17, 15) is 28.5 Å². The molecule has 0 bridgehead atoms. The van der Waals surface area contributed by atoms with Crippen molar-refractivity contribution in [1.29, 1.82) is 0 Å². The number of hydrogen-bond acceptors (Lipinski definition) is 8. The molecule has 26 heavy (non-hydrogen) atoms. The second-order valence-electron chi connectivity index (χ2n) is 4.83. The molecule has 2 rings (SSSR count). The molecule has 0 unspecified atom stereocenters. The van der Waals surface area contributed by atoms with Gasteiger partial charge in [-0.2, -0.15) is 0 Å². The first-order valence-electron chi connectivity index (χ1n) is 6.81. The molecule has 0 fully saturated rings. The van der Waals surface area contributed by atoms with Gasteiger partial charge in [0.05, 0.1) is 37.4 Å². The largest absolute Gasteiger partial charge is 0.466 e. The van der Waals surface area contributed by atoms with Crippen molar-refractivity contribution < 1.29 is 37.5 Å².